The molecule has 0 saturated heterocycles. The SMILES string of the molecule is CC1(C)c2ccc(-c3nccc4ccccc34)[c-]c2-c2ccccc21.[Ir]. The van der Waals surface area contributed by atoms with Gasteiger partial charge in [-0.25, -0.2) is 0 Å². The molecule has 1 radical (unpaired) electrons. The Morgan fingerprint density at radius 2 is 1.58 bits per heavy atom. The molecule has 1 aliphatic carbocycles. The van der Waals surface area contributed by atoms with Crippen molar-refractivity contribution in [2.24, 2.45) is 0 Å². The van der Waals surface area contributed by atoms with Crippen molar-refractivity contribution in [1.29, 1.82) is 0 Å². The van der Waals surface area contributed by atoms with Crippen molar-refractivity contribution in [3.63, 3.8) is 0 Å². The van der Waals surface area contributed by atoms with Gasteiger partial charge in [-0.05, 0) is 22.3 Å². The summed E-state index contributed by atoms with van der Waals surface area (Å²) in [6.07, 6.45) is 1.89. The number of pyridine rings is 1. The number of aromatic nitrogens is 1. The average molecular weight is 513 g/mol. The van der Waals surface area contributed by atoms with E-state index in [2.05, 4.69) is 91.6 Å². The third kappa shape index (κ3) is 2.37. The van der Waals surface area contributed by atoms with E-state index in [1.165, 1.54) is 33.0 Å². The molecule has 0 aliphatic heterocycles. The van der Waals surface area contributed by atoms with Gasteiger partial charge < -0.3 is 0 Å². The van der Waals surface area contributed by atoms with Crippen LogP contribution in [-0.2, 0) is 25.5 Å². The number of rotatable bonds is 1. The van der Waals surface area contributed by atoms with Gasteiger partial charge >= 0.3 is 0 Å². The summed E-state index contributed by atoms with van der Waals surface area (Å²) < 4.78 is 0. The van der Waals surface area contributed by atoms with Gasteiger partial charge in [0.2, 0.25) is 0 Å². The van der Waals surface area contributed by atoms with Gasteiger partial charge in [0.05, 0.1) is 0 Å². The van der Waals surface area contributed by atoms with Crippen molar-refractivity contribution in [3.8, 4) is 22.4 Å². The zero-order valence-corrected chi connectivity index (χ0v) is 17.1. The van der Waals surface area contributed by atoms with Crippen molar-refractivity contribution in [2.75, 3.05) is 0 Å². The summed E-state index contributed by atoms with van der Waals surface area (Å²) in [5, 5.41) is 2.38. The molecule has 1 heterocycles. The molecule has 1 aliphatic rings. The largest absolute Gasteiger partial charge is 0.294 e. The summed E-state index contributed by atoms with van der Waals surface area (Å²) in [4.78, 5) is 4.66. The van der Waals surface area contributed by atoms with Crippen LogP contribution in [0, 0.1) is 6.07 Å². The van der Waals surface area contributed by atoms with Gasteiger partial charge in [0, 0.05) is 32.0 Å². The Kier molecular flexibility index (Phi) is 4.06. The Morgan fingerprint density at radius 1 is 0.808 bits per heavy atom. The second-order valence-electron chi connectivity index (χ2n) is 7.21. The summed E-state index contributed by atoms with van der Waals surface area (Å²) in [5.41, 5.74) is 7.32. The molecule has 1 nitrogen and oxygen atoms in total. The van der Waals surface area contributed by atoms with Crippen LogP contribution >= 0.6 is 0 Å². The van der Waals surface area contributed by atoms with E-state index in [9.17, 15) is 0 Å². The molecular formula is C24H18IrN-. The minimum absolute atomic E-state index is 0. The molecule has 1 aromatic heterocycles. The van der Waals surface area contributed by atoms with Crippen LogP contribution in [0.15, 0.2) is 72.9 Å². The predicted octanol–water partition coefficient (Wildman–Crippen LogP) is 6.01. The van der Waals surface area contributed by atoms with E-state index in [4.69, 9.17) is 0 Å². The molecule has 0 saturated carbocycles. The Balaban J connectivity index is 0.00000168. The average Bonchev–Trinajstić information content (AvgIpc) is 2.89. The molecule has 26 heavy (non-hydrogen) atoms. The van der Waals surface area contributed by atoms with Crippen LogP contribution in [0.2, 0.25) is 0 Å². The number of fused-ring (bicyclic) bond motifs is 4. The monoisotopic (exact) mass is 513 g/mol. The smallest absolute Gasteiger partial charge is 0.0189 e. The molecule has 129 valence electrons. The summed E-state index contributed by atoms with van der Waals surface area (Å²) in [7, 11) is 0. The first-order valence-corrected chi connectivity index (χ1v) is 8.67. The first-order valence-electron chi connectivity index (χ1n) is 8.67. The van der Waals surface area contributed by atoms with Crippen LogP contribution in [0.25, 0.3) is 33.2 Å². The second kappa shape index (κ2) is 6.16. The fraction of sp³-hybridized carbons (Fsp3) is 0.125. The number of hydrogen-bond donors (Lipinski definition) is 0. The zero-order valence-electron chi connectivity index (χ0n) is 14.7. The molecule has 5 rings (SSSR count). The summed E-state index contributed by atoms with van der Waals surface area (Å²) >= 11 is 0. The molecule has 0 fully saturated rings. The molecule has 4 aromatic rings. The van der Waals surface area contributed by atoms with Gasteiger partial charge in [0.25, 0.3) is 0 Å². The van der Waals surface area contributed by atoms with Crippen LogP contribution in [0.3, 0.4) is 0 Å². The molecule has 0 amide bonds. The normalized spacial score (nSPS) is 13.8. The van der Waals surface area contributed by atoms with Crippen LogP contribution in [0.5, 0.6) is 0 Å². The Labute approximate surface area is 167 Å². The van der Waals surface area contributed by atoms with Crippen molar-refractivity contribution in [1.82, 2.24) is 4.98 Å². The zero-order chi connectivity index (χ0) is 17.0. The second-order valence-corrected chi connectivity index (χ2v) is 7.21. The maximum atomic E-state index is 4.66. The maximum absolute atomic E-state index is 4.66. The van der Waals surface area contributed by atoms with Gasteiger partial charge in [-0.2, -0.15) is 0 Å². The van der Waals surface area contributed by atoms with Crippen LogP contribution < -0.4 is 0 Å². The standard InChI is InChI=1S/C24H18N.Ir/c1-24(2)21-10-6-5-9-19(21)20-15-17(11-12-22(20)24)23-18-8-4-3-7-16(18)13-14-25-23;/h3-14H,1-2H3;/q-1;. The summed E-state index contributed by atoms with van der Waals surface area (Å²) in [6.45, 7) is 4.59. The molecule has 0 spiro atoms. The van der Waals surface area contributed by atoms with Crippen LogP contribution in [0.4, 0.5) is 0 Å². The maximum Gasteiger partial charge on any atom is 0.0189 e. The molecule has 3 aromatic carbocycles. The fourth-order valence-electron chi connectivity index (χ4n) is 4.09. The Hall–Kier alpha value is -2.28. The first kappa shape index (κ1) is 17.1. The summed E-state index contributed by atoms with van der Waals surface area (Å²) in [6, 6.07) is 27.2. The van der Waals surface area contributed by atoms with Gasteiger partial charge in [0.1, 0.15) is 0 Å². The van der Waals surface area contributed by atoms with E-state index >= 15 is 0 Å². The fourth-order valence-corrected chi connectivity index (χ4v) is 4.09. The van der Waals surface area contributed by atoms with E-state index < -0.39 is 0 Å². The molecule has 0 bridgehead atoms. The van der Waals surface area contributed by atoms with E-state index in [1.807, 2.05) is 6.20 Å². The van der Waals surface area contributed by atoms with Crippen molar-refractivity contribution in [2.45, 2.75) is 19.3 Å². The molecular weight excluding hydrogens is 494 g/mol. The number of nitrogens with zero attached hydrogens (tertiary/aromatic N) is 1. The quantitative estimate of drug-likeness (QED) is 0.285. The van der Waals surface area contributed by atoms with Gasteiger partial charge in [-0.1, -0.05) is 79.1 Å². The van der Waals surface area contributed by atoms with Gasteiger partial charge in [0.15, 0.2) is 0 Å². The third-order valence-corrected chi connectivity index (χ3v) is 5.42. The predicted molar refractivity (Wildman–Crippen MR) is 104 cm³/mol. The van der Waals surface area contributed by atoms with Crippen molar-refractivity contribution < 1.29 is 20.1 Å². The van der Waals surface area contributed by atoms with Gasteiger partial charge in [-0.3, -0.25) is 4.98 Å². The van der Waals surface area contributed by atoms with Crippen LogP contribution in [0.1, 0.15) is 25.0 Å². The number of benzene rings is 3. The van der Waals surface area contributed by atoms with Crippen LogP contribution in [-0.4, -0.2) is 4.98 Å². The minimum atomic E-state index is 0. The molecule has 0 unspecified atom stereocenters. The first-order chi connectivity index (χ1) is 12.2. The molecule has 2 heteroatoms. The van der Waals surface area contributed by atoms with E-state index in [0.29, 0.717) is 0 Å². The third-order valence-electron chi connectivity index (χ3n) is 5.42. The van der Waals surface area contributed by atoms with Gasteiger partial charge in [-0.15, -0.1) is 29.3 Å². The van der Waals surface area contributed by atoms with Crippen molar-refractivity contribution in [3.05, 3.63) is 90.1 Å². The Morgan fingerprint density at radius 3 is 2.46 bits per heavy atom. The van der Waals surface area contributed by atoms with E-state index in [1.54, 1.807) is 0 Å². The van der Waals surface area contributed by atoms with E-state index in [-0.39, 0.29) is 25.5 Å². The molecule has 0 N–H and O–H groups in total. The summed E-state index contributed by atoms with van der Waals surface area (Å²) in [5.74, 6) is 0. The topological polar surface area (TPSA) is 12.9 Å². The van der Waals surface area contributed by atoms with Crippen molar-refractivity contribution >= 4 is 10.8 Å². The van der Waals surface area contributed by atoms with E-state index in [0.717, 1.165) is 11.3 Å². The minimum Gasteiger partial charge on any atom is -0.294 e. The number of hydrogen-bond acceptors (Lipinski definition) is 1. The Bertz CT molecular complexity index is 1120. The molecule has 0 atom stereocenters.